The number of carbonyl (C=O) groups is 1. The molecule has 1 heterocycles. The molecule has 1 aliphatic heterocycles. The van der Waals surface area contributed by atoms with Gasteiger partial charge in [-0.1, -0.05) is 115 Å². The molecule has 2 rings (SSSR count). The van der Waals surface area contributed by atoms with Crippen molar-refractivity contribution in [1.29, 1.82) is 0 Å². The van der Waals surface area contributed by atoms with E-state index in [1.807, 2.05) is 44.2 Å². The van der Waals surface area contributed by atoms with Gasteiger partial charge in [-0.15, -0.1) is 0 Å². The normalized spacial score (nSPS) is 21.9. The van der Waals surface area contributed by atoms with Gasteiger partial charge in [-0.25, -0.2) is 4.57 Å². The molecule has 1 fully saturated rings. The van der Waals surface area contributed by atoms with E-state index in [9.17, 15) is 9.36 Å². The van der Waals surface area contributed by atoms with Crippen molar-refractivity contribution in [3.63, 3.8) is 0 Å². The molecule has 0 bridgehead atoms. The fourth-order valence-electron chi connectivity index (χ4n) is 4.40. The lowest BCUT2D eigenvalue weighted by molar-refractivity contribution is -0.120. The Bertz CT molecular complexity index is 793. The summed E-state index contributed by atoms with van der Waals surface area (Å²) in [6.07, 6.45) is 20.4. The van der Waals surface area contributed by atoms with Gasteiger partial charge >= 0.3 is 7.75 Å². The SMILES string of the molecule is CCCCCCCC/C=C\CCCCCCCC(=O)NP1(=O)OCC(C)(C)C(c2ccccc2)O1. The summed E-state index contributed by atoms with van der Waals surface area (Å²) < 4.78 is 24.5. The van der Waals surface area contributed by atoms with Gasteiger partial charge in [0.2, 0.25) is 5.91 Å². The van der Waals surface area contributed by atoms with Gasteiger partial charge in [0.25, 0.3) is 0 Å². The van der Waals surface area contributed by atoms with Crippen LogP contribution < -0.4 is 5.09 Å². The van der Waals surface area contributed by atoms with Crippen LogP contribution in [0.3, 0.4) is 0 Å². The second-order valence-corrected chi connectivity index (χ2v) is 12.2. The van der Waals surface area contributed by atoms with Crippen LogP contribution in [0.25, 0.3) is 0 Å². The van der Waals surface area contributed by atoms with Crippen molar-refractivity contribution in [3.8, 4) is 0 Å². The molecule has 1 N–H and O–H groups in total. The smallest absolute Gasteiger partial charge is 0.292 e. The number of hydrogen-bond acceptors (Lipinski definition) is 4. The number of allylic oxidation sites excluding steroid dienone is 2. The molecule has 1 aromatic rings. The van der Waals surface area contributed by atoms with E-state index in [1.54, 1.807) is 0 Å². The summed E-state index contributed by atoms with van der Waals surface area (Å²) in [5, 5.41) is 2.55. The van der Waals surface area contributed by atoms with Crippen molar-refractivity contribution in [1.82, 2.24) is 5.09 Å². The van der Waals surface area contributed by atoms with Gasteiger partial charge in [-0.05, 0) is 37.7 Å². The van der Waals surface area contributed by atoms with E-state index in [0.717, 1.165) is 31.2 Å². The zero-order valence-corrected chi connectivity index (χ0v) is 23.2. The minimum atomic E-state index is -3.67. The number of carbonyl (C=O) groups excluding carboxylic acids is 1. The average molecular weight is 506 g/mol. The first-order valence-electron chi connectivity index (χ1n) is 13.8. The zero-order chi connectivity index (χ0) is 25.4. The molecular formula is C29H48NO4P. The Morgan fingerprint density at radius 1 is 0.943 bits per heavy atom. The fourth-order valence-corrected chi connectivity index (χ4v) is 6.19. The molecule has 1 aliphatic rings. The molecule has 1 saturated heterocycles. The van der Waals surface area contributed by atoms with Gasteiger partial charge < -0.3 is 0 Å². The second kappa shape index (κ2) is 16.3. The number of benzene rings is 1. The minimum Gasteiger partial charge on any atom is -0.292 e. The Morgan fingerprint density at radius 2 is 1.51 bits per heavy atom. The summed E-state index contributed by atoms with van der Waals surface area (Å²) in [7, 11) is -3.67. The van der Waals surface area contributed by atoms with Crippen molar-refractivity contribution in [3.05, 3.63) is 48.0 Å². The predicted molar refractivity (Wildman–Crippen MR) is 145 cm³/mol. The molecular weight excluding hydrogens is 457 g/mol. The Kier molecular flexibility index (Phi) is 13.9. The van der Waals surface area contributed by atoms with Gasteiger partial charge in [-0.2, -0.15) is 0 Å². The van der Waals surface area contributed by atoms with Crippen LogP contribution in [0.15, 0.2) is 42.5 Å². The highest BCUT2D eigenvalue weighted by atomic mass is 31.2. The van der Waals surface area contributed by atoms with Crippen molar-refractivity contribution in [2.45, 2.75) is 117 Å². The molecule has 6 heteroatoms. The second-order valence-electron chi connectivity index (χ2n) is 10.5. The molecule has 0 aromatic heterocycles. The lowest BCUT2D eigenvalue weighted by Crippen LogP contribution is -2.37. The average Bonchev–Trinajstić information content (AvgIpc) is 2.84. The Hall–Kier alpha value is -1.42. The Balaban J connectivity index is 1.55. The topological polar surface area (TPSA) is 64.6 Å². The Morgan fingerprint density at radius 3 is 2.14 bits per heavy atom. The van der Waals surface area contributed by atoms with E-state index >= 15 is 0 Å². The zero-order valence-electron chi connectivity index (χ0n) is 22.3. The van der Waals surface area contributed by atoms with E-state index in [2.05, 4.69) is 24.2 Å². The van der Waals surface area contributed by atoms with Crippen molar-refractivity contribution >= 4 is 13.7 Å². The molecule has 1 aromatic carbocycles. The molecule has 1 amide bonds. The molecule has 0 aliphatic carbocycles. The molecule has 198 valence electrons. The van der Waals surface area contributed by atoms with Crippen LogP contribution in [0.4, 0.5) is 0 Å². The first-order valence-corrected chi connectivity index (χ1v) is 15.3. The van der Waals surface area contributed by atoms with Gasteiger partial charge in [0.15, 0.2) is 0 Å². The minimum absolute atomic E-state index is 0.261. The van der Waals surface area contributed by atoms with E-state index in [1.165, 1.54) is 57.8 Å². The summed E-state index contributed by atoms with van der Waals surface area (Å²) in [4.78, 5) is 12.4. The van der Waals surface area contributed by atoms with E-state index in [0.29, 0.717) is 6.42 Å². The van der Waals surface area contributed by atoms with E-state index in [4.69, 9.17) is 9.05 Å². The maximum atomic E-state index is 13.1. The highest BCUT2D eigenvalue weighted by molar-refractivity contribution is 7.52. The standard InChI is InChI=1S/C29H48NO4P/c1-4-5-6-7-8-9-10-11-12-13-14-15-16-17-21-24-27(31)30-35(32)33-25-29(2,3)28(34-35)26-22-19-18-20-23-26/h11-12,18-20,22-23,28H,4-10,13-17,21,24-25H2,1-3H3,(H,30,31,32)/b12-11-. The molecule has 2 unspecified atom stereocenters. The summed E-state index contributed by atoms with van der Waals surface area (Å²) in [6, 6.07) is 9.71. The molecule has 5 nitrogen and oxygen atoms in total. The molecule has 0 spiro atoms. The number of hydrogen-bond donors (Lipinski definition) is 1. The summed E-state index contributed by atoms with van der Waals surface area (Å²) in [5.41, 5.74) is 0.594. The van der Waals surface area contributed by atoms with Crippen LogP contribution in [-0.4, -0.2) is 12.5 Å². The molecule has 0 saturated carbocycles. The summed E-state index contributed by atoms with van der Waals surface area (Å²) in [5.74, 6) is -0.266. The number of rotatable bonds is 17. The summed E-state index contributed by atoms with van der Waals surface area (Å²) >= 11 is 0. The maximum absolute atomic E-state index is 13.1. The first-order chi connectivity index (χ1) is 16.9. The van der Waals surface area contributed by atoms with Crippen LogP contribution in [-0.2, 0) is 18.4 Å². The van der Waals surface area contributed by atoms with Gasteiger partial charge in [0.1, 0.15) is 6.10 Å². The van der Waals surface area contributed by atoms with Crippen LogP contribution >= 0.6 is 7.75 Å². The quantitative estimate of drug-likeness (QED) is 0.130. The Labute approximate surface area is 214 Å². The fraction of sp³-hybridized carbons (Fsp3) is 0.690. The number of amides is 1. The summed E-state index contributed by atoms with van der Waals surface area (Å²) in [6.45, 7) is 6.55. The maximum Gasteiger partial charge on any atom is 0.435 e. The monoisotopic (exact) mass is 505 g/mol. The third kappa shape index (κ3) is 11.9. The van der Waals surface area contributed by atoms with Gasteiger partial charge in [0, 0.05) is 11.8 Å². The third-order valence-electron chi connectivity index (χ3n) is 6.59. The lowest BCUT2D eigenvalue weighted by Gasteiger charge is -2.41. The van der Waals surface area contributed by atoms with E-state index in [-0.39, 0.29) is 17.9 Å². The van der Waals surface area contributed by atoms with Crippen molar-refractivity contribution in [2.24, 2.45) is 5.41 Å². The molecule has 35 heavy (non-hydrogen) atoms. The van der Waals surface area contributed by atoms with Crippen molar-refractivity contribution in [2.75, 3.05) is 6.61 Å². The largest absolute Gasteiger partial charge is 0.435 e. The lowest BCUT2D eigenvalue weighted by atomic mass is 9.83. The third-order valence-corrected chi connectivity index (χ3v) is 8.07. The van der Waals surface area contributed by atoms with Gasteiger partial charge in [-0.3, -0.25) is 18.9 Å². The van der Waals surface area contributed by atoms with Crippen LogP contribution in [0, 0.1) is 5.41 Å². The molecule has 2 atom stereocenters. The van der Waals surface area contributed by atoms with E-state index < -0.39 is 13.9 Å². The van der Waals surface area contributed by atoms with Crippen LogP contribution in [0.2, 0.25) is 0 Å². The van der Waals surface area contributed by atoms with Gasteiger partial charge in [0.05, 0.1) is 6.61 Å². The predicted octanol–water partition coefficient (Wildman–Crippen LogP) is 9.06. The first kappa shape index (κ1) is 29.8. The van der Waals surface area contributed by atoms with Crippen molar-refractivity contribution < 1.29 is 18.4 Å². The van der Waals surface area contributed by atoms with Crippen LogP contribution in [0.1, 0.15) is 122 Å². The number of unbranched alkanes of at least 4 members (excludes halogenated alkanes) is 11. The highest BCUT2D eigenvalue weighted by Gasteiger charge is 2.45. The number of nitrogens with one attached hydrogen (secondary N) is 1. The van der Waals surface area contributed by atoms with Crippen LogP contribution in [0.5, 0.6) is 0 Å². The molecule has 0 radical (unpaired) electrons. The highest BCUT2D eigenvalue weighted by Crippen LogP contribution is 2.58.